The largest absolute Gasteiger partial charge is 0.296 e. The van der Waals surface area contributed by atoms with Crippen LogP contribution in [0, 0.1) is 11.8 Å². The maximum absolute atomic E-state index is 4.54. The van der Waals surface area contributed by atoms with Gasteiger partial charge in [0.05, 0.1) is 5.69 Å². The Kier molecular flexibility index (Phi) is 3.30. The Morgan fingerprint density at radius 1 is 1.09 bits per heavy atom. The molecule has 1 aliphatic heterocycles. The summed E-state index contributed by atoms with van der Waals surface area (Å²) >= 11 is 1.76. The number of imidazole rings is 1. The smallest absolute Gasteiger partial charge is 0.136 e. The molecule has 0 saturated heterocycles. The molecule has 2 aromatic heterocycles. The molecule has 3 aromatic rings. The maximum atomic E-state index is 4.54. The minimum absolute atomic E-state index is 0.861. The lowest BCUT2D eigenvalue weighted by atomic mass is 10.2. The van der Waals surface area contributed by atoms with Gasteiger partial charge in [0, 0.05) is 24.2 Å². The Labute approximate surface area is 133 Å². The zero-order valence-corrected chi connectivity index (χ0v) is 13.1. The Bertz CT molecular complexity index is 865. The van der Waals surface area contributed by atoms with Crippen LogP contribution in [0.25, 0.3) is 5.00 Å². The molecule has 0 bridgehead atoms. The van der Waals surface area contributed by atoms with Crippen LogP contribution in [-0.4, -0.2) is 21.5 Å². The van der Waals surface area contributed by atoms with E-state index in [1.54, 1.807) is 11.3 Å². The van der Waals surface area contributed by atoms with Crippen molar-refractivity contribution in [3.8, 4) is 16.8 Å². The van der Waals surface area contributed by atoms with E-state index in [1.807, 2.05) is 36.7 Å². The lowest BCUT2D eigenvalue weighted by Crippen LogP contribution is -2.16. The molecule has 0 aliphatic carbocycles. The Morgan fingerprint density at radius 2 is 1.95 bits per heavy atom. The van der Waals surface area contributed by atoms with Gasteiger partial charge in [-0.2, -0.15) is 0 Å². The number of aromatic nitrogens is 2. The molecule has 0 radical (unpaired) electrons. The lowest BCUT2D eigenvalue weighted by molar-refractivity contribution is 0.320. The number of hydrogen-bond donors (Lipinski definition) is 0. The van der Waals surface area contributed by atoms with Gasteiger partial charge in [-0.15, -0.1) is 11.3 Å². The molecule has 0 N–H and O–H groups in total. The van der Waals surface area contributed by atoms with Crippen molar-refractivity contribution in [1.82, 2.24) is 14.5 Å². The molecule has 0 atom stereocenters. The summed E-state index contributed by atoms with van der Waals surface area (Å²) in [5.74, 6) is 6.45. The zero-order valence-electron chi connectivity index (χ0n) is 12.3. The third kappa shape index (κ3) is 2.35. The highest BCUT2D eigenvalue weighted by atomic mass is 32.1. The minimum atomic E-state index is 0.861. The van der Waals surface area contributed by atoms with Crippen molar-refractivity contribution in [3.05, 3.63) is 70.6 Å². The van der Waals surface area contributed by atoms with Crippen molar-refractivity contribution in [3.63, 3.8) is 0 Å². The summed E-state index contributed by atoms with van der Waals surface area (Å²) in [5, 5.41) is 3.41. The third-order valence-electron chi connectivity index (χ3n) is 3.77. The SMILES string of the molecule is CN1Cc2ccsc2-n2cnc(C#Cc3ccccc3)c2C1. The fourth-order valence-electron chi connectivity index (χ4n) is 2.72. The number of thiophene rings is 1. The van der Waals surface area contributed by atoms with Crippen molar-refractivity contribution < 1.29 is 0 Å². The summed E-state index contributed by atoms with van der Waals surface area (Å²) in [4.78, 5) is 6.84. The molecule has 3 heterocycles. The van der Waals surface area contributed by atoms with Crippen LogP contribution in [0.3, 0.4) is 0 Å². The van der Waals surface area contributed by atoms with E-state index in [-0.39, 0.29) is 0 Å². The van der Waals surface area contributed by atoms with Crippen LogP contribution < -0.4 is 0 Å². The lowest BCUT2D eigenvalue weighted by Gasteiger charge is -2.12. The normalized spacial score (nSPS) is 13.7. The van der Waals surface area contributed by atoms with Gasteiger partial charge in [-0.25, -0.2) is 4.98 Å². The molecular weight excluding hydrogens is 290 g/mol. The van der Waals surface area contributed by atoms with Crippen LogP contribution >= 0.6 is 11.3 Å². The van der Waals surface area contributed by atoms with Gasteiger partial charge in [-0.3, -0.25) is 9.47 Å². The summed E-state index contributed by atoms with van der Waals surface area (Å²) in [6.45, 7) is 1.83. The molecule has 1 aromatic carbocycles. The monoisotopic (exact) mass is 305 g/mol. The highest BCUT2D eigenvalue weighted by Gasteiger charge is 2.20. The topological polar surface area (TPSA) is 21.1 Å². The second kappa shape index (κ2) is 5.45. The molecule has 0 amide bonds. The van der Waals surface area contributed by atoms with Crippen LogP contribution in [-0.2, 0) is 13.1 Å². The van der Waals surface area contributed by atoms with Gasteiger partial charge in [-0.1, -0.05) is 24.1 Å². The number of rotatable bonds is 0. The minimum Gasteiger partial charge on any atom is -0.296 e. The standard InChI is InChI=1S/C18H15N3S/c1-20-11-15-9-10-22-18(15)21-13-19-16(17(21)12-20)8-7-14-5-3-2-4-6-14/h2-6,9-10,13H,11-12H2,1H3. The fourth-order valence-corrected chi connectivity index (χ4v) is 3.63. The molecule has 1 aliphatic rings. The molecule has 4 heteroatoms. The van der Waals surface area contributed by atoms with Crippen molar-refractivity contribution in [1.29, 1.82) is 0 Å². The first kappa shape index (κ1) is 13.3. The van der Waals surface area contributed by atoms with E-state index in [0.717, 1.165) is 24.3 Å². The van der Waals surface area contributed by atoms with E-state index in [0.29, 0.717) is 0 Å². The average molecular weight is 305 g/mol. The summed E-state index contributed by atoms with van der Waals surface area (Å²) < 4.78 is 2.19. The number of fused-ring (bicyclic) bond motifs is 3. The van der Waals surface area contributed by atoms with Crippen LogP contribution in [0.1, 0.15) is 22.5 Å². The summed E-state index contributed by atoms with van der Waals surface area (Å²) in [7, 11) is 2.14. The van der Waals surface area contributed by atoms with Crippen molar-refractivity contribution in [2.45, 2.75) is 13.1 Å². The van der Waals surface area contributed by atoms with Gasteiger partial charge in [0.2, 0.25) is 0 Å². The molecule has 0 fully saturated rings. The molecule has 108 valence electrons. The van der Waals surface area contributed by atoms with E-state index in [2.05, 4.69) is 44.8 Å². The van der Waals surface area contributed by atoms with E-state index < -0.39 is 0 Å². The average Bonchev–Trinajstić information content (AvgIpc) is 3.10. The maximum Gasteiger partial charge on any atom is 0.136 e. The van der Waals surface area contributed by atoms with Crippen molar-refractivity contribution >= 4 is 11.3 Å². The van der Waals surface area contributed by atoms with E-state index in [9.17, 15) is 0 Å². The van der Waals surface area contributed by atoms with Gasteiger partial charge in [-0.05, 0) is 36.5 Å². The zero-order chi connectivity index (χ0) is 14.9. The van der Waals surface area contributed by atoms with Crippen LogP contribution in [0.4, 0.5) is 0 Å². The Hall–Kier alpha value is -2.35. The molecule has 22 heavy (non-hydrogen) atoms. The van der Waals surface area contributed by atoms with E-state index in [1.165, 1.54) is 16.3 Å². The Balaban J connectivity index is 1.78. The third-order valence-corrected chi connectivity index (χ3v) is 4.72. The quantitative estimate of drug-likeness (QED) is 0.594. The second-order valence-electron chi connectivity index (χ2n) is 5.45. The van der Waals surface area contributed by atoms with Gasteiger partial charge in [0.25, 0.3) is 0 Å². The van der Waals surface area contributed by atoms with Gasteiger partial charge < -0.3 is 0 Å². The molecular formula is C18H15N3S. The van der Waals surface area contributed by atoms with E-state index >= 15 is 0 Å². The van der Waals surface area contributed by atoms with Crippen LogP contribution in [0.15, 0.2) is 48.1 Å². The molecule has 0 saturated carbocycles. The first-order chi connectivity index (χ1) is 10.8. The first-order valence-electron chi connectivity index (χ1n) is 7.20. The Morgan fingerprint density at radius 3 is 2.82 bits per heavy atom. The summed E-state index contributed by atoms with van der Waals surface area (Å²) in [6.07, 6.45) is 1.90. The highest BCUT2D eigenvalue weighted by molar-refractivity contribution is 7.12. The van der Waals surface area contributed by atoms with Crippen LogP contribution in [0.2, 0.25) is 0 Å². The second-order valence-corrected chi connectivity index (χ2v) is 6.34. The fraction of sp³-hybridized carbons (Fsp3) is 0.167. The van der Waals surface area contributed by atoms with Crippen molar-refractivity contribution in [2.24, 2.45) is 0 Å². The molecule has 3 nitrogen and oxygen atoms in total. The predicted molar refractivity (Wildman–Crippen MR) is 89.0 cm³/mol. The number of benzene rings is 1. The van der Waals surface area contributed by atoms with Crippen LogP contribution in [0.5, 0.6) is 0 Å². The van der Waals surface area contributed by atoms with Gasteiger partial charge in [0.1, 0.15) is 17.0 Å². The molecule has 0 unspecified atom stereocenters. The summed E-state index contributed by atoms with van der Waals surface area (Å²) in [6, 6.07) is 12.2. The first-order valence-corrected chi connectivity index (χ1v) is 8.08. The molecule has 0 spiro atoms. The number of nitrogens with zero attached hydrogens (tertiary/aromatic N) is 3. The van der Waals surface area contributed by atoms with Crippen molar-refractivity contribution in [2.75, 3.05) is 7.05 Å². The predicted octanol–water partition coefficient (Wildman–Crippen LogP) is 3.28. The molecule has 4 rings (SSSR count). The summed E-state index contributed by atoms with van der Waals surface area (Å²) in [5.41, 5.74) is 4.42. The number of hydrogen-bond acceptors (Lipinski definition) is 3. The van der Waals surface area contributed by atoms with Gasteiger partial charge in [0.15, 0.2) is 0 Å². The van der Waals surface area contributed by atoms with E-state index in [4.69, 9.17) is 0 Å². The van der Waals surface area contributed by atoms with Gasteiger partial charge >= 0.3 is 0 Å². The highest BCUT2D eigenvalue weighted by Crippen LogP contribution is 2.29.